The lowest BCUT2D eigenvalue weighted by atomic mass is 9.95. The maximum Gasteiger partial charge on any atom is 0.241 e. The SMILES string of the molecule is CCC(CC)NC(=O)C1CCN(Cc2nc(-c3ccc(OC)c(OC)c3)no2)CC1. The predicted molar refractivity (Wildman–Crippen MR) is 113 cm³/mol. The van der Waals surface area contributed by atoms with Gasteiger partial charge in [-0.1, -0.05) is 19.0 Å². The molecule has 0 aliphatic carbocycles. The van der Waals surface area contributed by atoms with Gasteiger partial charge >= 0.3 is 0 Å². The Morgan fingerprint density at radius 3 is 2.53 bits per heavy atom. The highest BCUT2D eigenvalue weighted by atomic mass is 16.5. The highest BCUT2D eigenvalue weighted by Gasteiger charge is 2.27. The number of likely N-dealkylation sites (tertiary alicyclic amines) is 1. The second-order valence-corrected chi connectivity index (χ2v) is 7.65. The van der Waals surface area contributed by atoms with Crippen molar-refractivity contribution in [2.24, 2.45) is 5.92 Å². The molecule has 0 radical (unpaired) electrons. The fourth-order valence-corrected chi connectivity index (χ4v) is 3.77. The lowest BCUT2D eigenvalue weighted by molar-refractivity contribution is -0.127. The quantitative estimate of drug-likeness (QED) is 0.671. The summed E-state index contributed by atoms with van der Waals surface area (Å²) < 4.78 is 16.1. The third kappa shape index (κ3) is 5.30. The van der Waals surface area contributed by atoms with Crippen LogP contribution in [0.3, 0.4) is 0 Å². The third-order valence-electron chi connectivity index (χ3n) is 5.76. The average Bonchev–Trinajstić information content (AvgIpc) is 3.25. The number of benzene rings is 1. The summed E-state index contributed by atoms with van der Waals surface area (Å²) in [6.07, 6.45) is 3.65. The van der Waals surface area contributed by atoms with Crippen LogP contribution in [0.25, 0.3) is 11.4 Å². The van der Waals surface area contributed by atoms with Crippen LogP contribution in [0.2, 0.25) is 0 Å². The normalized spacial score (nSPS) is 15.4. The molecule has 2 aromatic rings. The molecular weight excluding hydrogens is 384 g/mol. The van der Waals surface area contributed by atoms with Crippen molar-refractivity contribution in [1.82, 2.24) is 20.4 Å². The van der Waals surface area contributed by atoms with E-state index in [4.69, 9.17) is 14.0 Å². The summed E-state index contributed by atoms with van der Waals surface area (Å²) >= 11 is 0. The number of amides is 1. The summed E-state index contributed by atoms with van der Waals surface area (Å²) in [5.74, 6) is 2.64. The standard InChI is InChI=1S/C22H32N4O4/c1-5-17(6-2)23-22(27)15-9-11-26(12-10-15)14-20-24-21(25-30-20)16-7-8-18(28-3)19(13-16)29-4/h7-8,13,15,17H,5-6,9-12,14H2,1-4H3,(H,23,27). The Morgan fingerprint density at radius 1 is 1.20 bits per heavy atom. The molecule has 1 fully saturated rings. The molecule has 0 atom stereocenters. The fourth-order valence-electron chi connectivity index (χ4n) is 3.77. The van der Waals surface area contributed by atoms with E-state index in [0.29, 0.717) is 29.8 Å². The van der Waals surface area contributed by atoms with Crippen LogP contribution >= 0.6 is 0 Å². The Labute approximate surface area is 177 Å². The minimum atomic E-state index is 0.0897. The number of ether oxygens (including phenoxy) is 2. The highest BCUT2D eigenvalue weighted by molar-refractivity contribution is 5.79. The van der Waals surface area contributed by atoms with Gasteiger partial charge in [0.25, 0.3) is 0 Å². The first-order valence-corrected chi connectivity index (χ1v) is 10.7. The maximum atomic E-state index is 12.5. The zero-order valence-corrected chi connectivity index (χ0v) is 18.3. The Morgan fingerprint density at radius 2 is 1.90 bits per heavy atom. The molecule has 8 nitrogen and oxygen atoms in total. The van der Waals surface area contributed by atoms with Crippen LogP contribution in [0.1, 0.15) is 45.4 Å². The van der Waals surface area contributed by atoms with Crippen LogP contribution in [0.4, 0.5) is 0 Å². The number of piperidine rings is 1. The molecule has 0 saturated carbocycles. The van der Waals surface area contributed by atoms with Crippen molar-refractivity contribution in [3.05, 3.63) is 24.1 Å². The van der Waals surface area contributed by atoms with E-state index in [0.717, 1.165) is 44.3 Å². The zero-order chi connectivity index (χ0) is 21.5. The first-order valence-electron chi connectivity index (χ1n) is 10.7. The van der Waals surface area contributed by atoms with Crippen LogP contribution in [-0.2, 0) is 11.3 Å². The topological polar surface area (TPSA) is 89.7 Å². The van der Waals surface area contributed by atoms with Gasteiger partial charge in [0.1, 0.15) is 0 Å². The Kier molecular flexibility index (Phi) is 7.68. The Bertz CT molecular complexity index is 826. The summed E-state index contributed by atoms with van der Waals surface area (Å²) in [5, 5.41) is 7.28. The van der Waals surface area contributed by atoms with Crippen molar-refractivity contribution in [1.29, 1.82) is 0 Å². The van der Waals surface area contributed by atoms with E-state index in [1.54, 1.807) is 14.2 Å². The first-order chi connectivity index (χ1) is 14.6. The van der Waals surface area contributed by atoms with Gasteiger partial charge in [-0.05, 0) is 57.0 Å². The highest BCUT2D eigenvalue weighted by Crippen LogP contribution is 2.31. The van der Waals surface area contributed by atoms with Gasteiger partial charge in [-0.15, -0.1) is 0 Å². The molecule has 164 valence electrons. The van der Waals surface area contributed by atoms with Gasteiger partial charge in [0.15, 0.2) is 11.5 Å². The third-order valence-corrected chi connectivity index (χ3v) is 5.76. The molecule has 30 heavy (non-hydrogen) atoms. The Balaban J connectivity index is 1.54. The molecule has 1 aliphatic rings. The molecular formula is C22H32N4O4. The number of aromatic nitrogens is 2. The van der Waals surface area contributed by atoms with Crippen molar-refractivity contribution in [2.45, 2.75) is 52.1 Å². The molecule has 8 heteroatoms. The van der Waals surface area contributed by atoms with Gasteiger partial charge in [0.05, 0.1) is 20.8 Å². The van der Waals surface area contributed by atoms with Crippen LogP contribution in [0.5, 0.6) is 11.5 Å². The van der Waals surface area contributed by atoms with E-state index in [-0.39, 0.29) is 17.9 Å². The molecule has 1 saturated heterocycles. The van der Waals surface area contributed by atoms with Crippen molar-refractivity contribution < 1.29 is 18.8 Å². The molecule has 0 bridgehead atoms. The minimum absolute atomic E-state index is 0.0897. The maximum absolute atomic E-state index is 12.5. The number of hydrogen-bond donors (Lipinski definition) is 1. The van der Waals surface area contributed by atoms with Gasteiger partial charge < -0.3 is 19.3 Å². The zero-order valence-electron chi connectivity index (χ0n) is 18.3. The van der Waals surface area contributed by atoms with E-state index in [1.807, 2.05) is 18.2 Å². The van der Waals surface area contributed by atoms with Gasteiger partial charge in [-0.3, -0.25) is 9.69 Å². The molecule has 1 N–H and O–H groups in total. The van der Waals surface area contributed by atoms with E-state index in [9.17, 15) is 4.79 Å². The summed E-state index contributed by atoms with van der Waals surface area (Å²) in [6.45, 7) is 6.49. The molecule has 1 aliphatic heterocycles. The van der Waals surface area contributed by atoms with Crippen molar-refractivity contribution >= 4 is 5.91 Å². The number of methoxy groups -OCH3 is 2. The van der Waals surface area contributed by atoms with E-state index in [2.05, 4.69) is 34.2 Å². The molecule has 0 unspecified atom stereocenters. The van der Waals surface area contributed by atoms with Gasteiger partial charge in [-0.25, -0.2) is 0 Å². The van der Waals surface area contributed by atoms with Crippen LogP contribution in [0.15, 0.2) is 22.7 Å². The molecule has 1 aromatic heterocycles. The van der Waals surface area contributed by atoms with E-state index in [1.165, 1.54) is 0 Å². The summed E-state index contributed by atoms with van der Waals surface area (Å²) in [7, 11) is 3.19. The van der Waals surface area contributed by atoms with Crippen LogP contribution in [-0.4, -0.2) is 54.3 Å². The monoisotopic (exact) mass is 416 g/mol. The largest absolute Gasteiger partial charge is 0.493 e. The van der Waals surface area contributed by atoms with Gasteiger partial charge in [0, 0.05) is 17.5 Å². The van der Waals surface area contributed by atoms with Crippen LogP contribution < -0.4 is 14.8 Å². The summed E-state index contributed by atoms with van der Waals surface area (Å²) in [4.78, 5) is 19.2. The second-order valence-electron chi connectivity index (χ2n) is 7.65. The van der Waals surface area contributed by atoms with Crippen molar-refractivity contribution in [3.63, 3.8) is 0 Å². The molecule has 2 heterocycles. The second kappa shape index (κ2) is 10.4. The number of carbonyl (C=O) groups excluding carboxylic acids is 1. The number of hydrogen-bond acceptors (Lipinski definition) is 7. The number of nitrogens with zero attached hydrogens (tertiary/aromatic N) is 3. The molecule has 1 aromatic carbocycles. The van der Waals surface area contributed by atoms with Crippen LogP contribution in [0, 0.1) is 5.92 Å². The lowest BCUT2D eigenvalue weighted by Crippen LogP contribution is -2.43. The molecule has 3 rings (SSSR count). The first kappa shape index (κ1) is 22.1. The van der Waals surface area contributed by atoms with Crippen molar-refractivity contribution in [2.75, 3.05) is 27.3 Å². The Hall–Kier alpha value is -2.61. The number of carbonyl (C=O) groups is 1. The van der Waals surface area contributed by atoms with E-state index >= 15 is 0 Å². The average molecular weight is 417 g/mol. The minimum Gasteiger partial charge on any atom is -0.493 e. The smallest absolute Gasteiger partial charge is 0.241 e. The molecule has 0 spiro atoms. The lowest BCUT2D eigenvalue weighted by Gasteiger charge is -2.31. The number of rotatable bonds is 9. The predicted octanol–water partition coefficient (Wildman–Crippen LogP) is 3.27. The number of nitrogens with one attached hydrogen (secondary N) is 1. The summed E-state index contributed by atoms with van der Waals surface area (Å²) in [6, 6.07) is 5.81. The van der Waals surface area contributed by atoms with E-state index < -0.39 is 0 Å². The van der Waals surface area contributed by atoms with Crippen molar-refractivity contribution in [3.8, 4) is 22.9 Å². The molecule has 1 amide bonds. The van der Waals surface area contributed by atoms with Gasteiger partial charge in [-0.2, -0.15) is 4.98 Å². The fraction of sp³-hybridized carbons (Fsp3) is 0.591. The van der Waals surface area contributed by atoms with Gasteiger partial charge in [0.2, 0.25) is 17.6 Å². The summed E-state index contributed by atoms with van der Waals surface area (Å²) in [5.41, 5.74) is 0.805.